The second kappa shape index (κ2) is 4.53. The molecule has 1 aromatic heterocycles. The second-order valence-electron chi connectivity index (χ2n) is 5.03. The van der Waals surface area contributed by atoms with Gasteiger partial charge in [0.25, 0.3) is 0 Å². The van der Waals surface area contributed by atoms with Crippen LogP contribution in [0.1, 0.15) is 41.9 Å². The average Bonchev–Trinajstić information content (AvgIpc) is 3.17. The molecule has 1 saturated carbocycles. The second-order valence-corrected chi connectivity index (χ2v) is 5.03. The zero-order valence-electron chi connectivity index (χ0n) is 10.7. The Morgan fingerprint density at radius 1 is 1.37 bits per heavy atom. The minimum Gasteiger partial charge on any atom is -0.476 e. The molecule has 4 heteroatoms. The van der Waals surface area contributed by atoms with Crippen molar-refractivity contribution < 1.29 is 14.3 Å². The molecule has 1 heterocycles. The number of carbonyl (C=O) groups is 1. The van der Waals surface area contributed by atoms with E-state index in [2.05, 4.69) is 4.98 Å². The van der Waals surface area contributed by atoms with E-state index in [0.29, 0.717) is 17.6 Å². The predicted molar refractivity (Wildman–Crippen MR) is 70.0 cm³/mol. The van der Waals surface area contributed by atoms with Gasteiger partial charge in [0.1, 0.15) is 5.76 Å². The summed E-state index contributed by atoms with van der Waals surface area (Å²) in [4.78, 5) is 15.4. The topological polar surface area (TPSA) is 63.3 Å². The number of carboxylic acid groups (broad SMARTS) is 1. The van der Waals surface area contributed by atoms with E-state index >= 15 is 0 Å². The van der Waals surface area contributed by atoms with Crippen LogP contribution in [0.5, 0.6) is 0 Å². The molecule has 0 saturated heterocycles. The molecular formula is C15H15NO3. The molecule has 0 amide bonds. The summed E-state index contributed by atoms with van der Waals surface area (Å²) in [6.07, 6.45) is 2.28. The largest absolute Gasteiger partial charge is 0.476 e. The lowest BCUT2D eigenvalue weighted by Gasteiger charge is -2.06. The quantitative estimate of drug-likeness (QED) is 0.909. The minimum atomic E-state index is -1.02. The van der Waals surface area contributed by atoms with E-state index in [-0.39, 0.29) is 11.6 Å². The number of aromatic nitrogens is 1. The van der Waals surface area contributed by atoms with Crippen molar-refractivity contribution in [1.82, 2.24) is 4.98 Å². The highest BCUT2D eigenvalue weighted by Crippen LogP contribution is 2.44. The molecule has 1 atom stereocenters. The van der Waals surface area contributed by atoms with Gasteiger partial charge in [0.2, 0.25) is 5.89 Å². The van der Waals surface area contributed by atoms with E-state index in [9.17, 15) is 9.90 Å². The Kier molecular flexibility index (Phi) is 2.85. The molecule has 19 heavy (non-hydrogen) atoms. The molecule has 98 valence electrons. The summed E-state index contributed by atoms with van der Waals surface area (Å²) < 4.78 is 5.73. The summed E-state index contributed by atoms with van der Waals surface area (Å²) in [5.41, 5.74) is 0.859. The Labute approximate surface area is 111 Å². The monoisotopic (exact) mass is 257 g/mol. The van der Waals surface area contributed by atoms with Crippen LogP contribution < -0.4 is 0 Å². The van der Waals surface area contributed by atoms with Gasteiger partial charge in [-0.1, -0.05) is 25.1 Å². The predicted octanol–water partition coefficient (Wildman–Crippen LogP) is 3.55. The van der Waals surface area contributed by atoms with Gasteiger partial charge in [-0.25, -0.2) is 9.78 Å². The standard InChI is InChI=1S/C15H15NO3/c1-9(10-7-8-10)13-12(15(17)18)16-14(19-13)11-5-3-2-4-6-11/h2-6,9-10H,7-8H2,1H3,(H,17,18). The molecule has 1 aromatic carbocycles. The van der Waals surface area contributed by atoms with E-state index in [1.165, 1.54) is 0 Å². The molecular weight excluding hydrogens is 242 g/mol. The van der Waals surface area contributed by atoms with Crippen molar-refractivity contribution >= 4 is 5.97 Å². The van der Waals surface area contributed by atoms with Crippen molar-refractivity contribution in [3.63, 3.8) is 0 Å². The summed E-state index contributed by atoms with van der Waals surface area (Å²) in [5, 5.41) is 9.25. The van der Waals surface area contributed by atoms with E-state index < -0.39 is 5.97 Å². The van der Waals surface area contributed by atoms with Crippen LogP contribution in [0, 0.1) is 5.92 Å². The van der Waals surface area contributed by atoms with Crippen LogP contribution in [0.15, 0.2) is 34.7 Å². The van der Waals surface area contributed by atoms with E-state index in [0.717, 1.165) is 18.4 Å². The number of nitrogens with zero attached hydrogens (tertiary/aromatic N) is 1. The van der Waals surface area contributed by atoms with E-state index in [1.54, 1.807) is 0 Å². The number of carboxylic acids is 1. The van der Waals surface area contributed by atoms with E-state index in [1.807, 2.05) is 37.3 Å². The molecule has 1 aliphatic carbocycles. The van der Waals surface area contributed by atoms with Gasteiger partial charge >= 0.3 is 5.97 Å². The third-order valence-corrected chi connectivity index (χ3v) is 3.62. The van der Waals surface area contributed by atoms with Crippen molar-refractivity contribution in [1.29, 1.82) is 0 Å². The van der Waals surface area contributed by atoms with E-state index in [4.69, 9.17) is 4.42 Å². The van der Waals surface area contributed by atoms with Crippen molar-refractivity contribution in [3.8, 4) is 11.5 Å². The first-order valence-electron chi connectivity index (χ1n) is 6.46. The maximum atomic E-state index is 11.3. The number of rotatable bonds is 4. The molecule has 1 fully saturated rings. The molecule has 0 radical (unpaired) electrons. The Morgan fingerprint density at radius 2 is 2.05 bits per heavy atom. The molecule has 4 nitrogen and oxygen atoms in total. The molecule has 3 rings (SSSR count). The third kappa shape index (κ3) is 2.26. The molecule has 1 N–H and O–H groups in total. The van der Waals surface area contributed by atoms with Crippen LogP contribution in [0.2, 0.25) is 0 Å². The molecule has 1 aliphatic rings. The summed E-state index contributed by atoms with van der Waals surface area (Å²) in [6, 6.07) is 9.39. The van der Waals surface area contributed by atoms with Crippen molar-refractivity contribution in [2.75, 3.05) is 0 Å². The summed E-state index contributed by atoms with van der Waals surface area (Å²) in [5.74, 6) is 0.536. The molecule has 1 unspecified atom stereocenters. The lowest BCUT2D eigenvalue weighted by molar-refractivity contribution is 0.0688. The van der Waals surface area contributed by atoms with Crippen LogP contribution in [-0.4, -0.2) is 16.1 Å². The third-order valence-electron chi connectivity index (χ3n) is 3.62. The van der Waals surface area contributed by atoms with Gasteiger partial charge in [-0.15, -0.1) is 0 Å². The fourth-order valence-corrected chi connectivity index (χ4v) is 2.31. The lowest BCUT2D eigenvalue weighted by atomic mass is 10.0. The van der Waals surface area contributed by atoms with Crippen LogP contribution in [0.3, 0.4) is 0 Å². The number of hydrogen-bond acceptors (Lipinski definition) is 3. The first-order chi connectivity index (χ1) is 9.16. The first-order valence-corrected chi connectivity index (χ1v) is 6.46. The maximum absolute atomic E-state index is 11.3. The Morgan fingerprint density at radius 3 is 2.63 bits per heavy atom. The number of aromatic carboxylic acids is 1. The molecule has 0 aliphatic heterocycles. The SMILES string of the molecule is CC(c1oc(-c2ccccc2)nc1C(=O)O)C1CC1. The molecule has 2 aromatic rings. The first kappa shape index (κ1) is 12.0. The average molecular weight is 257 g/mol. The van der Waals surface area contributed by atoms with Crippen LogP contribution >= 0.6 is 0 Å². The fourth-order valence-electron chi connectivity index (χ4n) is 2.31. The summed E-state index contributed by atoms with van der Waals surface area (Å²) >= 11 is 0. The Hall–Kier alpha value is -2.10. The highest BCUT2D eigenvalue weighted by atomic mass is 16.4. The smallest absolute Gasteiger partial charge is 0.358 e. The van der Waals surface area contributed by atoms with Crippen LogP contribution in [0.4, 0.5) is 0 Å². The van der Waals surface area contributed by atoms with Crippen molar-refractivity contribution in [2.45, 2.75) is 25.7 Å². The van der Waals surface area contributed by atoms with Crippen LogP contribution in [-0.2, 0) is 0 Å². The highest BCUT2D eigenvalue weighted by molar-refractivity contribution is 5.87. The Balaban J connectivity index is 2.03. The Bertz CT molecular complexity index is 599. The van der Waals surface area contributed by atoms with Gasteiger partial charge < -0.3 is 9.52 Å². The summed E-state index contributed by atoms with van der Waals surface area (Å²) in [6.45, 7) is 2.01. The van der Waals surface area contributed by atoms with Gasteiger partial charge in [-0.05, 0) is 30.9 Å². The van der Waals surface area contributed by atoms with Gasteiger partial charge in [-0.2, -0.15) is 0 Å². The van der Waals surface area contributed by atoms with Crippen LogP contribution in [0.25, 0.3) is 11.5 Å². The number of benzene rings is 1. The lowest BCUT2D eigenvalue weighted by Crippen LogP contribution is -2.05. The normalized spacial score (nSPS) is 16.3. The highest BCUT2D eigenvalue weighted by Gasteiger charge is 2.35. The van der Waals surface area contributed by atoms with Crippen molar-refractivity contribution in [3.05, 3.63) is 41.8 Å². The van der Waals surface area contributed by atoms with Gasteiger partial charge in [0.05, 0.1) is 0 Å². The summed E-state index contributed by atoms with van der Waals surface area (Å²) in [7, 11) is 0. The zero-order chi connectivity index (χ0) is 13.4. The molecule has 0 spiro atoms. The maximum Gasteiger partial charge on any atom is 0.358 e. The zero-order valence-corrected chi connectivity index (χ0v) is 10.7. The molecule has 0 bridgehead atoms. The fraction of sp³-hybridized carbons (Fsp3) is 0.333. The minimum absolute atomic E-state index is 0.0539. The number of oxazole rings is 1. The van der Waals surface area contributed by atoms with Crippen molar-refractivity contribution in [2.24, 2.45) is 5.92 Å². The van der Waals surface area contributed by atoms with Gasteiger partial charge in [0, 0.05) is 11.5 Å². The number of hydrogen-bond donors (Lipinski definition) is 1. The van der Waals surface area contributed by atoms with Gasteiger partial charge in [0.15, 0.2) is 5.69 Å². The van der Waals surface area contributed by atoms with Gasteiger partial charge in [-0.3, -0.25) is 0 Å².